The summed E-state index contributed by atoms with van der Waals surface area (Å²) >= 11 is 0. The molecule has 40 heavy (non-hydrogen) atoms. The summed E-state index contributed by atoms with van der Waals surface area (Å²) in [6, 6.07) is 50.0. The number of hydrogen-bond acceptors (Lipinski definition) is 3. The minimum Gasteiger partial charge on any atom is -0.456 e. The predicted molar refractivity (Wildman–Crippen MR) is 168 cm³/mol. The van der Waals surface area contributed by atoms with E-state index < -0.39 is 0 Å². The number of furan rings is 1. The molecule has 186 valence electrons. The zero-order chi connectivity index (χ0) is 26.2. The Labute approximate surface area is 232 Å². The van der Waals surface area contributed by atoms with Crippen molar-refractivity contribution in [1.82, 2.24) is 0 Å². The van der Waals surface area contributed by atoms with Gasteiger partial charge < -0.3 is 14.2 Å². The Kier molecular flexibility index (Phi) is 4.41. The molecule has 0 saturated heterocycles. The van der Waals surface area contributed by atoms with E-state index in [1.165, 1.54) is 39.1 Å². The molecule has 0 unspecified atom stereocenters. The Balaban J connectivity index is 1.39. The third-order valence-corrected chi connectivity index (χ3v) is 8.44. The van der Waals surface area contributed by atoms with Gasteiger partial charge in [-0.2, -0.15) is 0 Å². The highest BCUT2D eigenvalue weighted by atomic mass is 16.3. The van der Waals surface area contributed by atoms with Crippen LogP contribution in [0.2, 0.25) is 0 Å². The second-order valence-corrected chi connectivity index (χ2v) is 10.5. The first-order valence-electron chi connectivity index (χ1n) is 13.7. The fourth-order valence-corrected chi connectivity index (χ4v) is 6.89. The van der Waals surface area contributed by atoms with Gasteiger partial charge in [0.15, 0.2) is 0 Å². The maximum absolute atomic E-state index is 6.32. The molecule has 3 heterocycles. The van der Waals surface area contributed by atoms with Crippen molar-refractivity contribution in [3.63, 3.8) is 0 Å². The van der Waals surface area contributed by atoms with Gasteiger partial charge in [0.05, 0.1) is 11.1 Å². The molecule has 1 aromatic heterocycles. The third-order valence-electron chi connectivity index (χ3n) is 8.44. The van der Waals surface area contributed by atoms with Gasteiger partial charge in [-0.25, -0.2) is 0 Å². The van der Waals surface area contributed by atoms with Crippen molar-refractivity contribution in [2.75, 3.05) is 9.80 Å². The molecule has 0 radical (unpaired) electrons. The van der Waals surface area contributed by atoms with Gasteiger partial charge in [-0.05, 0) is 71.0 Å². The second kappa shape index (κ2) is 8.14. The van der Waals surface area contributed by atoms with Crippen LogP contribution in [0.5, 0.6) is 0 Å². The van der Waals surface area contributed by atoms with Gasteiger partial charge in [-0.15, -0.1) is 0 Å². The zero-order valence-corrected chi connectivity index (χ0v) is 21.7. The molecule has 4 heteroatoms. The Morgan fingerprint density at radius 3 is 1.77 bits per heavy atom. The van der Waals surface area contributed by atoms with Crippen LogP contribution in [-0.2, 0) is 0 Å². The van der Waals surface area contributed by atoms with Crippen molar-refractivity contribution in [2.45, 2.75) is 0 Å². The number of fused-ring (bicyclic) bond motifs is 7. The normalized spacial score (nSPS) is 13.3. The van der Waals surface area contributed by atoms with E-state index in [2.05, 4.69) is 143 Å². The maximum atomic E-state index is 6.32. The lowest BCUT2D eigenvalue weighted by molar-refractivity contribution is 0.669. The van der Waals surface area contributed by atoms with Crippen molar-refractivity contribution in [3.05, 3.63) is 140 Å². The first kappa shape index (κ1) is 21.7. The van der Waals surface area contributed by atoms with Crippen LogP contribution in [-0.4, -0.2) is 6.71 Å². The molecule has 2 aliphatic rings. The molecule has 9 rings (SSSR count). The molecule has 7 aromatic rings. The van der Waals surface area contributed by atoms with Crippen molar-refractivity contribution in [1.29, 1.82) is 0 Å². The summed E-state index contributed by atoms with van der Waals surface area (Å²) in [5.74, 6) is 0. The molecule has 0 amide bonds. The van der Waals surface area contributed by atoms with Gasteiger partial charge in [0.1, 0.15) is 11.2 Å². The maximum Gasteiger partial charge on any atom is 0.252 e. The summed E-state index contributed by atoms with van der Waals surface area (Å²) in [5.41, 5.74) is 12.9. The number of nitrogens with zero attached hydrogens (tertiary/aromatic N) is 2. The first-order valence-corrected chi connectivity index (χ1v) is 13.7. The van der Waals surface area contributed by atoms with Crippen LogP contribution in [0, 0.1) is 0 Å². The molecule has 3 nitrogen and oxygen atoms in total. The predicted octanol–water partition coefficient (Wildman–Crippen LogP) is 7.67. The Bertz CT molecular complexity index is 2100. The number of benzene rings is 6. The summed E-state index contributed by atoms with van der Waals surface area (Å²) in [6.45, 7) is 0.134. The van der Waals surface area contributed by atoms with Gasteiger partial charge in [-0.3, -0.25) is 0 Å². The highest BCUT2D eigenvalue weighted by molar-refractivity contribution is 7.00. The van der Waals surface area contributed by atoms with Crippen LogP contribution in [0.25, 0.3) is 21.9 Å². The number of hydrogen-bond donors (Lipinski definition) is 0. The fraction of sp³-hybridized carbons (Fsp3) is 0. The van der Waals surface area contributed by atoms with E-state index in [1.54, 1.807) is 0 Å². The van der Waals surface area contributed by atoms with Gasteiger partial charge in [0.2, 0.25) is 0 Å². The van der Waals surface area contributed by atoms with Gasteiger partial charge >= 0.3 is 0 Å². The number of para-hydroxylation sites is 4. The Morgan fingerprint density at radius 1 is 0.425 bits per heavy atom. The lowest BCUT2D eigenvalue weighted by Gasteiger charge is -2.44. The van der Waals surface area contributed by atoms with Crippen molar-refractivity contribution in [2.24, 2.45) is 0 Å². The molecule has 2 aliphatic heterocycles. The molecule has 0 atom stereocenters. The molecule has 0 saturated carbocycles. The van der Waals surface area contributed by atoms with Gasteiger partial charge in [0, 0.05) is 33.8 Å². The smallest absolute Gasteiger partial charge is 0.252 e. The lowest BCUT2D eigenvalue weighted by atomic mass is 9.33. The summed E-state index contributed by atoms with van der Waals surface area (Å²) < 4.78 is 6.32. The lowest BCUT2D eigenvalue weighted by Crippen LogP contribution is -2.61. The topological polar surface area (TPSA) is 19.6 Å². The Morgan fingerprint density at radius 2 is 0.975 bits per heavy atom. The molecule has 0 bridgehead atoms. The minimum atomic E-state index is 0.134. The Hall–Kier alpha value is -5.22. The zero-order valence-electron chi connectivity index (χ0n) is 21.7. The molecule has 6 aromatic carbocycles. The van der Waals surface area contributed by atoms with E-state index in [0.29, 0.717) is 0 Å². The molecule has 0 spiro atoms. The van der Waals surface area contributed by atoms with E-state index >= 15 is 0 Å². The second-order valence-electron chi connectivity index (χ2n) is 10.5. The van der Waals surface area contributed by atoms with Crippen LogP contribution in [0.3, 0.4) is 0 Å². The van der Waals surface area contributed by atoms with Crippen LogP contribution in [0.4, 0.5) is 34.1 Å². The number of anilines is 6. The molecule has 0 fully saturated rings. The van der Waals surface area contributed by atoms with Crippen molar-refractivity contribution >= 4 is 79.2 Å². The van der Waals surface area contributed by atoms with Crippen LogP contribution in [0.15, 0.2) is 144 Å². The number of rotatable bonds is 2. The summed E-state index contributed by atoms with van der Waals surface area (Å²) in [7, 11) is 0. The largest absolute Gasteiger partial charge is 0.456 e. The quantitative estimate of drug-likeness (QED) is 0.223. The van der Waals surface area contributed by atoms with Gasteiger partial charge in [-0.1, -0.05) is 84.9 Å². The SMILES string of the molecule is c1ccc(N2c3ccccc3B3c4ccccc4N(c4cccc5oc6ccccc6c45)c4cccc2c43)cc1. The summed E-state index contributed by atoms with van der Waals surface area (Å²) in [6.07, 6.45) is 0. The molecular formula is C36H23BN2O. The van der Waals surface area contributed by atoms with Crippen LogP contribution >= 0.6 is 0 Å². The van der Waals surface area contributed by atoms with Crippen molar-refractivity contribution < 1.29 is 4.42 Å². The van der Waals surface area contributed by atoms with E-state index in [-0.39, 0.29) is 6.71 Å². The average Bonchev–Trinajstić information content (AvgIpc) is 3.40. The van der Waals surface area contributed by atoms with Gasteiger partial charge in [0.25, 0.3) is 6.71 Å². The van der Waals surface area contributed by atoms with E-state index in [9.17, 15) is 0 Å². The third kappa shape index (κ3) is 2.85. The molecule has 0 N–H and O–H groups in total. The van der Waals surface area contributed by atoms with E-state index in [1.807, 2.05) is 6.07 Å². The molecule has 0 aliphatic carbocycles. The average molecular weight is 510 g/mol. The molecular weight excluding hydrogens is 487 g/mol. The summed E-state index contributed by atoms with van der Waals surface area (Å²) in [5, 5.41) is 2.27. The van der Waals surface area contributed by atoms with Crippen LogP contribution < -0.4 is 26.2 Å². The summed E-state index contributed by atoms with van der Waals surface area (Å²) in [4.78, 5) is 4.87. The van der Waals surface area contributed by atoms with E-state index in [4.69, 9.17) is 4.42 Å². The monoisotopic (exact) mass is 510 g/mol. The highest BCUT2D eigenvalue weighted by Crippen LogP contribution is 2.46. The standard InChI is InChI=1S/C36H23BN2O/c1-2-12-24(13-3-1)38-28-17-7-5-15-26(28)37-27-16-6-8-18-29(27)39(32-21-10-20-31(38)36(32)37)30-19-11-23-34-35(30)25-14-4-9-22-33(25)40-34/h1-23H. The fourth-order valence-electron chi connectivity index (χ4n) is 6.89. The van der Waals surface area contributed by atoms with Crippen molar-refractivity contribution in [3.8, 4) is 0 Å². The minimum absolute atomic E-state index is 0.134. The first-order chi connectivity index (χ1) is 19.9. The highest BCUT2D eigenvalue weighted by Gasteiger charge is 2.43. The van der Waals surface area contributed by atoms with Crippen LogP contribution in [0.1, 0.15) is 0 Å². The van der Waals surface area contributed by atoms with E-state index in [0.717, 1.165) is 33.3 Å².